The number of benzene rings is 2. The molecular weight excluding hydrogens is 488 g/mol. The Bertz CT molecular complexity index is 1520. The van der Waals surface area contributed by atoms with Gasteiger partial charge >= 0.3 is 0 Å². The monoisotopic (exact) mass is 514 g/mol. The number of methoxy groups -OCH3 is 1. The van der Waals surface area contributed by atoms with Gasteiger partial charge in [-0.25, -0.2) is 4.98 Å². The third kappa shape index (κ3) is 5.54. The third-order valence-electron chi connectivity index (χ3n) is 5.77. The number of ether oxygens (including phenoxy) is 3. The van der Waals surface area contributed by atoms with E-state index in [1.54, 1.807) is 48.5 Å². The van der Waals surface area contributed by atoms with Gasteiger partial charge in [0.2, 0.25) is 5.88 Å². The average molecular weight is 515 g/mol. The van der Waals surface area contributed by atoms with Crippen molar-refractivity contribution in [1.29, 1.82) is 0 Å². The fraction of sp³-hybridized carbons (Fsp3) is 0.179. The SMILES string of the molecule is COc1cc(COc2nn(Cc3ccccc3)cc2C(N)=O)ccc1OCc1nc(-c2ccco2)oc1C. The highest BCUT2D eigenvalue weighted by atomic mass is 16.5. The summed E-state index contributed by atoms with van der Waals surface area (Å²) in [6.45, 7) is 2.63. The molecule has 0 spiro atoms. The highest BCUT2D eigenvalue weighted by molar-refractivity contribution is 5.94. The van der Waals surface area contributed by atoms with Crippen molar-refractivity contribution in [1.82, 2.24) is 14.8 Å². The number of nitrogens with zero attached hydrogens (tertiary/aromatic N) is 3. The minimum absolute atomic E-state index is 0.147. The second-order valence-electron chi connectivity index (χ2n) is 8.46. The summed E-state index contributed by atoms with van der Waals surface area (Å²) >= 11 is 0. The molecule has 0 radical (unpaired) electrons. The molecule has 1 amide bonds. The van der Waals surface area contributed by atoms with Crippen molar-refractivity contribution >= 4 is 5.91 Å². The van der Waals surface area contributed by atoms with Crippen LogP contribution >= 0.6 is 0 Å². The molecule has 3 aromatic heterocycles. The molecule has 0 bridgehead atoms. The standard InChI is InChI=1S/C28H26N4O6/c1-18-22(30-28(38-18)24-9-6-12-35-24)17-36-23-11-10-20(13-25(23)34-2)16-37-27-21(26(29)33)15-32(31-27)14-19-7-4-3-5-8-19/h3-13,15H,14,16-17H2,1-2H3,(H2,29,33). The lowest BCUT2D eigenvalue weighted by Crippen LogP contribution is -2.12. The summed E-state index contributed by atoms with van der Waals surface area (Å²) in [5, 5.41) is 4.41. The van der Waals surface area contributed by atoms with E-state index in [0.29, 0.717) is 41.1 Å². The van der Waals surface area contributed by atoms with Crippen LogP contribution in [-0.4, -0.2) is 27.8 Å². The number of primary amides is 1. The summed E-state index contributed by atoms with van der Waals surface area (Å²) in [5.74, 6) is 2.18. The number of rotatable bonds is 11. The number of furan rings is 1. The van der Waals surface area contributed by atoms with Crippen molar-refractivity contribution in [2.45, 2.75) is 26.7 Å². The van der Waals surface area contributed by atoms with E-state index in [2.05, 4.69) is 10.1 Å². The number of hydrogen-bond donors (Lipinski definition) is 1. The molecule has 3 heterocycles. The van der Waals surface area contributed by atoms with E-state index in [1.807, 2.05) is 43.3 Å². The summed E-state index contributed by atoms with van der Waals surface area (Å²) < 4.78 is 30.0. The Hall–Kier alpha value is -4.99. The molecule has 10 heteroatoms. The number of carbonyl (C=O) groups excluding carboxylic acids is 1. The van der Waals surface area contributed by atoms with Crippen LogP contribution in [0.3, 0.4) is 0 Å². The molecule has 5 rings (SSSR count). The van der Waals surface area contributed by atoms with E-state index in [0.717, 1.165) is 11.1 Å². The fourth-order valence-electron chi connectivity index (χ4n) is 3.82. The highest BCUT2D eigenvalue weighted by Crippen LogP contribution is 2.30. The number of aryl methyl sites for hydroxylation is 1. The highest BCUT2D eigenvalue weighted by Gasteiger charge is 2.17. The van der Waals surface area contributed by atoms with Crippen molar-refractivity contribution in [3.05, 3.63) is 101 Å². The Morgan fingerprint density at radius 1 is 1.00 bits per heavy atom. The summed E-state index contributed by atoms with van der Waals surface area (Å²) in [6.07, 6.45) is 3.15. The Labute approximate surface area is 218 Å². The zero-order chi connectivity index (χ0) is 26.5. The molecule has 0 saturated heterocycles. The van der Waals surface area contributed by atoms with Gasteiger partial charge < -0.3 is 28.8 Å². The molecule has 5 aromatic rings. The number of carbonyl (C=O) groups is 1. The van der Waals surface area contributed by atoms with Crippen LogP contribution < -0.4 is 19.9 Å². The second kappa shape index (κ2) is 11.0. The zero-order valence-electron chi connectivity index (χ0n) is 20.9. The predicted molar refractivity (Wildman–Crippen MR) is 137 cm³/mol. The van der Waals surface area contributed by atoms with Crippen LogP contribution in [0.15, 0.2) is 82.0 Å². The van der Waals surface area contributed by atoms with Crippen LogP contribution in [0.5, 0.6) is 17.4 Å². The maximum absolute atomic E-state index is 12.0. The Kier molecular flexibility index (Phi) is 7.12. The second-order valence-corrected chi connectivity index (χ2v) is 8.46. The van der Waals surface area contributed by atoms with E-state index in [1.165, 1.54) is 0 Å². The summed E-state index contributed by atoms with van der Waals surface area (Å²) in [4.78, 5) is 16.4. The quantitative estimate of drug-likeness (QED) is 0.267. The lowest BCUT2D eigenvalue weighted by atomic mass is 10.2. The molecule has 2 aromatic carbocycles. The Balaban J connectivity index is 1.25. The van der Waals surface area contributed by atoms with E-state index in [-0.39, 0.29) is 24.7 Å². The Morgan fingerprint density at radius 2 is 1.84 bits per heavy atom. The normalized spacial score (nSPS) is 10.9. The van der Waals surface area contributed by atoms with Crippen LogP contribution in [-0.2, 0) is 19.8 Å². The predicted octanol–water partition coefficient (Wildman–Crippen LogP) is 4.75. The lowest BCUT2D eigenvalue weighted by molar-refractivity contribution is 0.0995. The minimum Gasteiger partial charge on any atom is -0.493 e. The smallest absolute Gasteiger partial charge is 0.263 e. The maximum atomic E-state index is 12.0. The van der Waals surface area contributed by atoms with Gasteiger partial charge in [0.05, 0.1) is 19.9 Å². The summed E-state index contributed by atoms with van der Waals surface area (Å²) in [5.41, 5.74) is 8.24. The average Bonchev–Trinajstić information content (AvgIpc) is 3.67. The first-order valence-corrected chi connectivity index (χ1v) is 11.8. The number of nitrogens with two attached hydrogens (primary N) is 1. The van der Waals surface area contributed by atoms with Gasteiger partial charge in [0.1, 0.15) is 30.2 Å². The van der Waals surface area contributed by atoms with Crippen molar-refractivity contribution in [3.63, 3.8) is 0 Å². The van der Waals surface area contributed by atoms with Gasteiger partial charge in [0.15, 0.2) is 17.3 Å². The van der Waals surface area contributed by atoms with Crippen LogP contribution in [0, 0.1) is 6.92 Å². The summed E-state index contributed by atoms with van der Waals surface area (Å²) in [7, 11) is 1.56. The van der Waals surface area contributed by atoms with Gasteiger partial charge in [-0.2, -0.15) is 0 Å². The van der Waals surface area contributed by atoms with Gasteiger partial charge in [-0.05, 0) is 42.3 Å². The molecule has 0 saturated carbocycles. The first-order valence-electron chi connectivity index (χ1n) is 11.8. The van der Waals surface area contributed by atoms with Gasteiger partial charge in [0, 0.05) is 6.20 Å². The first-order chi connectivity index (χ1) is 18.5. The van der Waals surface area contributed by atoms with E-state index in [4.69, 9.17) is 28.8 Å². The van der Waals surface area contributed by atoms with E-state index in [9.17, 15) is 4.79 Å². The lowest BCUT2D eigenvalue weighted by Gasteiger charge is -2.12. The molecule has 0 unspecified atom stereocenters. The third-order valence-corrected chi connectivity index (χ3v) is 5.77. The molecule has 0 atom stereocenters. The first kappa shape index (κ1) is 24.7. The van der Waals surface area contributed by atoms with Crippen LogP contribution in [0.4, 0.5) is 0 Å². The number of aromatic nitrogens is 3. The molecular formula is C28H26N4O6. The number of hydrogen-bond acceptors (Lipinski definition) is 8. The molecule has 0 aliphatic carbocycles. The fourth-order valence-corrected chi connectivity index (χ4v) is 3.82. The molecule has 2 N–H and O–H groups in total. The zero-order valence-corrected chi connectivity index (χ0v) is 20.9. The largest absolute Gasteiger partial charge is 0.493 e. The van der Waals surface area contributed by atoms with Crippen molar-refractivity contribution in [2.24, 2.45) is 5.73 Å². The molecule has 10 nitrogen and oxygen atoms in total. The maximum Gasteiger partial charge on any atom is 0.263 e. The van der Waals surface area contributed by atoms with Crippen molar-refractivity contribution in [3.8, 4) is 29.0 Å². The van der Waals surface area contributed by atoms with Crippen molar-refractivity contribution < 1.29 is 27.8 Å². The number of amides is 1. The molecule has 0 aliphatic heterocycles. The molecule has 0 aliphatic rings. The van der Waals surface area contributed by atoms with Gasteiger partial charge in [-0.15, -0.1) is 5.10 Å². The van der Waals surface area contributed by atoms with Crippen LogP contribution in [0.25, 0.3) is 11.7 Å². The van der Waals surface area contributed by atoms with Gasteiger partial charge in [-0.3, -0.25) is 9.48 Å². The van der Waals surface area contributed by atoms with Gasteiger partial charge in [-0.1, -0.05) is 36.4 Å². The minimum atomic E-state index is -0.612. The molecule has 194 valence electrons. The van der Waals surface area contributed by atoms with E-state index < -0.39 is 5.91 Å². The Morgan fingerprint density at radius 3 is 2.58 bits per heavy atom. The van der Waals surface area contributed by atoms with Gasteiger partial charge in [0.25, 0.3) is 11.8 Å². The molecule has 0 fully saturated rings. The number of oxazole rings is 1. The van der Waals surface area contributed by atoms with Crippen LogP contribution in [0.1, 0.15) is 32.9 Å². The van der Waals surface area contributed by atoms with Crippen LogP contribution in [0.2, 0.25) is 0 Å². The molecule has 38 heavy (non-hydrogen) atoms. The topological polar surface area (TPSA) is 128 Å². The van der Waals surface area contributed by atoms with E-state index >= 15 is 0 Å². The summed E-state index contributed by atoms with van der Waals surface area (Å²) in [6, 6.07) is 18.7. The van der Waals surface area contributed by atoms with Crippen molar-refractivity contribution in [2.75, 3.05) is 7.11 Å².